The minimum atomic E-state index is 0.652. The fraction of sp³-hybridized carbons (Fsp3) is 0.600. The molecular formula is C15H22N2. The van der Waals surface area contributed by atoms with Gasteiger partial charge in [0.25, 0.3) is 0 Å². The molecule has 2 N–H and O–H groups in total. The third kappa shape index (κ3) is 2.38. The summed E-state index contributed by atoms with van der Waals surface area (Å²) in [5.74, 6) is 0.652. The molecule has 0 saturated heterocycles. The van der Waals surface area contributed by atoms with Crippen LogP contribution >= 0.6 is 0 Å². The van der Waals surface area contributed by atoms with Crippen LogP contribution in [0.5, 0.6) is 0 Å². The number of hydrogen-bond acceptors (Lipinski definition) is 2. The molecule has 1 unspecified atom stereocenters. The molecule has 0 aromatic heterocycles. The van der Waals surface area contributed by atoms with E-state index in [9.17, 15) is 0 Å². The van der Waals surface area contributed by atoms with Gasteiger partial charge in [-0.2, -0.15) is 0 Å². The summed E-state index contributed by atoms with van der Waals surface area (Å²) in [6.07, 6.45) is 4.16. The van der Waals surface area contributed by atoms with E-state index in [0.717, 1.165) is 25.7 Å². The minimum absolute atomic E-state index is 0.652. The van der Waals surface area contributed by atoms with Crippen LogP contribution in [0.4, 0.5) is 0 Å². The first-order chi connectivity index (χ1) is 8.33. The Kier molecular flexibility index (Phi) is 3.17. The Labute approximate surface area is 104 Å². The second-order valence-electron chi connectivity index (χ2n) is 5.57. The van der Waals surface area contributed by atoms with E-state index in [-0.39, 0.29) is 0 Å². The van der Waals surface area contributed by atoms with E-state index in [0.29, 0.717) is 5.92 Å². The van der Waals surface area contributed by atoms with Gasteiger partial charge in [0.1, 0.15) is 0 Å². The Balaban J connectivity index is 1.71. The van der Waals surface area contributed by atoms with Crippen LogP contribution in [0, 0.1) is 6.92 Å². The lowest BCUT2D eigenvalue weighted by Gasteiger charge is -2.32. The SMILES string of the molecule is Cc1ccc2c(c1)C(CNC1CCC1)CNC2. The summed E-state index contributed by atoms with van der Waals surface area (Å²) in [5, 5.41) is 7.24. The van der Waals surface area contributed by atoms with Crippen molar-refractivity contribution in [2.24, 2.45) is 0 Å². The average Bonchev–Trinajstić information content (AvgIpc) is 2.27. The maximum absolute atomic E-state index is 3.71. The van der Waals surface area contributed by atoms with Gasteiger partial charge in [0.15, 0.2) is 0 Å². The molecule has 1 atom stereocenters. The molecule has 0 spiro atoms. The van der Waals surface area contributed by atoms with E-state index in [4.69, 9.17) is 0 Å². The molecule has 2 heteroatoms. The standard InChI is InChI=1S/C15H22N2/c1-11-5-6-12-8-16-9-13(15(12)7-11)10-17-14-3-2-4-14/h5-7,13-14,16-17H,2-4,8-10H2,1H3. The Morgan fingerprint density at radius 2 is 2.24 bits per heavy atom. The summed E-state index contributed by atoms with van der Waals surface area (Å²) in [6, 6.07) is 7.68. The van der Waals surface area contributed by atoms with Crippen molar-refractivity contribution in [2.75, 3.05) is 13.1 Å². The highest BCUT2D eigenvalue weighted by atomic mass is 15.0. The minimum Gasteiger partial charge on any atom is -0.313 e. The van der Waals surface area contributed by atoms with Gasteiger partial charge in [0, 0.05) is 31.6 Å². The molecule has 1 aromatic carbocycles. The van der Waals surface area contributed by atoms with E-state index in [1.54, 1.807) is 5.56 Å². The number of fused-ring (bicyclic) bond motifs is 1. The van der Waals surface area contributed by atoms with Crippen LogP contribution in [0.25, 0.3) is 0 Å². The predicted octanol–water partition coefficient (Wildman–Crippen LogP) is 2.32. The number of hydrogen-bond donors (Lipinski definition) is 2. The summed E-state index contributed by atoms with van der Waals surface area (Å²) in [5.41, 5.74) is 4.44. The summed E-state index contributed by atoms with van der Waals surface area (Å²) < 4.78 is 0. The summed E-state index contributed by atoms with van der Waals surface area (Å²) >= 11 is 0. The van der Waals surface area contributed by atoms with E-state index >= 15 is 0 Å². The zero-order valence-electron chi connectivity index (χ0n) is 10.6. The van der Waals surface area contributed by atoms with E-state index < -0.39 is 0 Å². The first-order valence-electron chi connectivity index (χ1n) is 6.86. The van der Waals surface area contributed by atoms with Crippen molar-refractivity contribution in [1.29, 1.82) is 0 Å². The molecule has 0 bridgehead atoms. The van der Waals surface area contributed by atoms with Crippen molar-refractivity contribution < 1.29 is 0 Å². The highest BCUT2D eigenvalue weighted by molar-refractivity contribution is 5.36. The second kappa shape index (κ2) is 4.79. The predicted molar refractivity (Wildman–Crippen MR) is 71.3 cm³/mol. The van der Waals surface area contributed by atoms with E-state index in [1.165, 1.54) is 30.4 Å². The topological polar surface area (TPSA) is 24.1 Å². The molecule has 1 heterocycles. The zero-order valence-corrected chi connectivity index (χ0v) is 10.6. The van der Waals surface area contributed by atoms with E-state index in [2.05, 4.69) is 35.8 Å². The van der Waals surface area contributed by atoms with Gasteiger partial charge in [-0.1, -0.05) is 30.2 Å². The van der Waals surface area contributed by atoms with Crippen LogP contribution in [0.1, 0.15) is 41.9 Å². The lowest BCUT2D eigenvalue weighted by Crippen LogP contribution is -2.41. The van der Waals surface area contributed by atoms with Crippen LogP contribution in [0.2, 0.25) is 0 Å². The molecule has 2 nitrogen and oxygen atoms in total. The summed E-state index contributed by atoms with van der Waals surface area (Å²) in [4.78, 5) is 0. The molecular weight excluding hydrogens is 208 g/mol. The number of rotatable bonds is 3. The summed E-state index contributed by atoms with van der Waals surface area (Å²) in [7, 11) is 0. The Hall–Kier alpha value is -0.860. The molecule has 1 saturated carbocycles. The Morgan fingerprint density at radius 3 is 3.00 bits per heavy atom. The Morgan fingerprint density at radius 1 is 1.35 bits per heavy atom. The van der Waals surface area contributed by atoms with Gasteiger partial charge < -0.3 is 10.6 Å². The van der Waals surface area contributed by atoms with Crippen LogP contribution in [0.3, 0.4) is 0 Å². The number of aryl methyl sites for hydroxylation is 1. The fourth-order valence-corrected chi connectivity index (χ4v) is 2.85. The molecule has 1 aromatic rings. The molecule has 17 heavy (non-hydrogen) atoms. The highest BCUT2D eigenvalue weighted by Crippen LogP contribution is 2.26. The van der Waals surface area contributed by atoms with Crippen molar-refractivity contribution >= 4 is 0 Å². The number of nitrogens with one attached hydrogen (secondary N) is 2. The molecule has 2 aliphatic rings. The lowest BCUT2D eigenvalue weighted by molar-refractivity contribution is 0.327. The molecule has 1 aliphatic heterocycles. The average molecular weight is 230 g/mol. The first kappa shape index (κ1) is 11.2. The monoisotopic (exact) mass is 230 g/mol. The normalized spacial score (nSPS) is 24.2. The van der Waals surface area contributed by atoms with Crippen LogP contribution < -0.4 is 10.6 Å². The fourth-order valence-electron chi connectivity index (χ4n) is 2.85. The molecule has 92 valence electrons. The van der Waals surface area contributed by atoms with Crippen molar-refractivity contribution in [1.82, 2.24) is 10.6 Å². The zero-order chi connectivity index (χ0) is 11.7. The first-order valence-corrected chi connectivity index (χ1v) is 6.86. The van der Waals surface area contributed by atoms with Gasteiger partial charge in [0.2, 0.25) is 0 Å². The lowest BCUT2D eigenvalue weighted by atomic mass is 9.88. The largest absolute Gasteiger partial charge is 0.313 e. The van der Waals surface area contributed by atoms with Crippen molar-refractivity contribution in [2.45, 2.75) is 44.7 Å². The molecule has 1 fully saturated rings. The van der Waals surface area contributed by atoms with Crippen LogP contribution in [-0.2, 0) is 6.54 Å². The van der Waals surface area contributed by atoms with Crippen molar-refractivity contribution in [3.8, 4) is 0 Å². The van der Waals surface area contributed by atoms with Gasteiger partial charge in [-0.25, -0.2) is 0 Å². The van der Waals surface area contributed by atoms with Gasteiger partial charge >= 0.3 is 0 Å². The smallest absolute Gasteiger partial charge is 0.0208 e. The van der Waals surface area contributed by atoms with Gasteiger partial charge in [-0.05, 0) is 30.9 Å². The van der Waals surface area contributed by atoms with Crippen molar-refractivity contribution in [3.63, 3.8) is 0 Å². The molecule has 1 aliphatic carbocycles. The van der Waals surface area contributed by atoms with Crippen molar-refractivity contribution in [3.05, 3.63) is 34.9 Å². The Bertz CT molecular complexity index is 396. The van der Waals surface area contributed by atoms with Crippen LogP contribution in [-0.4, -0.2) is 19.1 Å². The van der Waals surface area contributed by atoms with Gasteiger partial charge in [-0.3, -0.25) is 0 Å². The van der Waals surface area contributed by atoms with Crippen LogP contribution in [0.15, 0.2) is 18.2 Å². The van der Waals surface area contributed by atoms with Gasteiger partial charge in [0.05, 0.1) is 0 Å². The second-order valence-corrected chi connectivity index (χ2v) is 5.57. The van der Waals surface area contributed by atoms with Gasteiger partial charge in [-0.15, -0.1) is 0 Å². The number of benzene rings is 1. The molecule has 0 radical (unpaired) electrons. The highest BCUT2D eigenvalue weighted by Gasteiger charge is 2.22. The van der Waals surface area contributed by atoms with E-state index in [1.807, 2.05) is 0 Å². The quantitative estimate of drug-likeness (QED) is 0.833. The maximum Gasteiger partial charge on any atom is 0.0208 e. The third-order valence-corrected chi connectivity index (χ3v) is 4.21. The maximum atomic E-state index is 3.71. The molecule has 3 rings (SSSR count). The molecule has 0 amide bonds. The third-order valence-electron chi connectivity index (χ3n) is 4.21. The summed E-state index contributed by atoms with van der Waals surface area (Å²) in [6.45, 7) is 5.48.